The lowest BCUT2D eigenvalue weighted by Crippen LogP contribution is -2.35. The number of anilines is 1. The number of hydrogen-bond donors (Lipinski definition) is 2. The maximum absolute atomic E-state index is 12.4. The van der Waals surface area contributed by atoms with Crippen LogP contribution in [-0.2, 0) is 9.59 Å². The number of hydrogen-bond acceptors (Lipinski definition) is 3. The van der Waals surface area contributed by atoms with Gasteiger partial charge in [0.25, 0.3) is 0 Å². The molecule has 0 bridgehead atoms. The van der Waals surface area contributed by atoms with Crippen molar-refractivity contribution in [3.8, 4) is 0 Å². The van der Waals surface area contributed by atoms with E-state index in [-0.39, 0.29) is 36.6 Å². The Hall–Kier alpha value is -1.27. The minimum absolute atomic E-state index is 0. The van der Waals surface area contributed by atoms with Crippen LogP contribution in [0.4, 0.5) is 5.69 Å². The lowest BCUT2D eigenvalue weighted by Gasteiger charge is -2.18. The molecule has 1 aromatic rings. The maximum atomic E-state index is 12.4. The van der Waals surface area contributed by atoms with Gasteiger partial charge in [0.2, 0.25) is 11.8 Å². The van der Waals surface area contributed by atoms with Crippen molar-refractivity contribution < 1.29 is 9.59 Å². The number of nitrogens with one attached hydrogen (secondary N) is 2. The number of nitrogens with zero attached hydrogens (tertiary/aromatic N) is 1. The van der Waals surface area contributed by atoms with E-state index in [4.69, 9.17) is 23.2 Å². The van der Waals surface area contributed by atoms with Crippen molar-refractivity contribution in [3.05, 3.63) is 39.9 Å². The SMILES string of the molecule is Cl.O=C(NCC1=CCNCC1)C1CC(=O)N(c2cc(Cl)cc(Cl)c2)C1. The van der Waals surface area contributed by atoms with Crippen LogP contribution in [0, 0.1) is 5.92 Å². The molecular formula is C17H20Cl3N3O2. The summed E-state index contributed by atoms with van der Waals surface area (Å²) in [5, 5.41) is 7.12. The lowest BCUT2D eigenvalue weighted by atomic mass is 10.1. The van der Waals surface area contributed by atoms with Gasteiger partial charge in [-0.05, 0) is 31.2 Å². The zero-order valence-electron chi connectivity index (χ0n) is 13.6. The average molecular weight is 405 g/mol. The van der Waals surface area contributed by atoms with E-state index in [9.17, 15) is 9.59 Å². The smallest absolute Gasteiger partial charge is 0.227 e. The van der Waals surface area contributed by atoms with E-state index in [2.05, 4.69) is 16.7 Å². The molecule has 25 heavy (non-hydrogen) atoms. The molecule has 5 nitrogen and oxygen atoms in total. The normalized spacial score (nSPS) is 20.1. The monoisotopic (exact) mass is 403 g/mol. The first kappa shape index (κ1) is 20.0. The van der Waals surface area contributed by atoms with Crippen molar-refractivity contribution >= 4 is 53.1 Å². The first-order chi connectivity index (χ1) is 11.5. The summed E-state index contributed by atoms with van der Waals surface area (Å²) in [5.41, 5.74) is 1.86. The number of carbonyl (C=O) groups excluding carboxylic acids is 2. The number of carbonyl (C=O) groups is 2. The van der Waals surface area contributed by atoms with Crippen LogP contribution in [0.25, 0.3) is 0 Å². The molecule has 2 aliphatic rings. The van der Waals surface area contributed by atoms with Gasteiger partial charge >= 0.3 is 0 Å². The summed E-state index contributed by atoms with van der Waals surface area (Å²) in [7, 11) is 0. The highest BCUT2D eigenvalue weighted by Crippen LogP contribution is 2.30. The Morgan fingerprint density at radius 2 is 2.00 bits per heavy atom. The minimum atomic E-state index is -0.349. The molecule has 1 fully saturated rings. The Bertz CT molecular complexity index is 673. The third-order valence-electron chi connectivity index (χ3n) is 4.30. The van der Waals surface area contributed by atoms with E-state index in [0.29, 0.717) is 28.8 Å². The fourth-order valence-electron chi connectivity index (χ4n) is 3.00. The molecule has 0 saturated carbocycles. The first-order valence-electron chi connectivity index (χ1n) is 7.96. The summed E-state index contributed by atoms with van der Waals surface area (Å²) in [6, 6.07) is 4.99. The molecule has 136 valence electrons. The van der Waals surface area contributed by atoms with Crippen LogP contribution < -0.4 is 15.5 Å². The Morgan fingerprint density at radius 3 is 2.64 bits per heavy atom. The van der Waals surface area contributed by atoms with Gasteiger partial charge in [0.15, 0.2) is 0 Å². The average Bonchev–Trinajstić information content (AvgIpc) is 2.95. The van der Waals surface area contributed by atoms with Crippen molar-refractivity contribution in [1.29, 1.82) is 0 Å². The number of benzene rings is 1. The van der Waals surface area contributed by atoms with Gasteiger partial charge in [0.05, 0.1) is 5.92 Å². The molecule has 2 heterocycles. The second-order valence-corrected chi connectivity index (χ2v) is 6.94. The van der Waals surface area contributed by atoms with Crippen molar-refractivity contribution in [2.75, 3.05) is 31.1 Å². The molecule has 8 heteroatoms. The van der Waals surface area contributed by atoms with E-state index in [1.54, 1.807) is 23.1 Å². The molecule has 1 saturated heterocycles. The van der Waals surface area contributed by atoms with Gasteiger partial charge in [-0.2, -0.15) is 0 Å². The first-order valence-corrected chi connectivity index (χ1v) is 8.71. The predicted octanol–water partition coefficient (Wildman–Crippen LogP) is 2.80. The number of amides is 2. The van der Waals surface area contributed by atoms with E-state index >= 15 is 0 Å². The Labute approximate surface area is 163 Å². The number of halogens is 3. The summed E-state index contributed by atoms with van der Waals surface area (Å²) < 4.78 is 0. The standard InChI is InChI=1S/C17H19Cl2N3O2.ClH/c18-13-6-14(19)8-15(7-13)22-10-12(5-16(22)23)17(24)21-9-11-1-3-20-4-2-11;/h1,6-8,12,20H,2-5,9-10H2,(H,21,24);1H. The van der Waals surface area contributed by atoms with Gasteiger partial charge in [0.1, 0.15) is 0 Å². The molecule has 3 rings (SSSR count). The molecule has 1 atom stereocenters. The van der Waals surface area contributed by atoms with Gasteiger partial charge in [-0.25, -0.2) is 0 Å². The Kier molecular flexibility index (Phi) is 7.14. The highest BCUT2D eigenvalue weighted by atomic mass is 35.5. The highest BCUT2D eigenvalue weighted by molar-refractivity contribution is 6.35. The molecule has 0 aromatic heterocycles. The fourth-order valence-corrected chi connectivity index (χ4v) is 3.52. The molecule has 2 aliphatic heterocycles. The third-order valence-corrected chi connectivity index (χ3v) is 4.74. The minimum Gasteiger partial charge on any atom is -0.352 e. The van der Waals surface area contributed by atoms with Crippen molar-refractivity contribution in [2.45, 2.75) is 12.8 Å². The van der Waals surface area contributed by atoms with Gasteiger partial charge in [-0.15, -0.1) is 12.4 Å². The summed E-state index contributed by atoms with van der Waals surface area (Å²) in [6.07, 6.45) is 3.25. The molecule has 2 N–H and O–H groups in total. The zero-order valence-corrected chi connectivity index (χ0v) is 15.9. The van der Waals surface area contributed by atoms with Crippen LogP contribution in [0.3, 0.4) is 0 Å². The summed E-state index contributed by atoms with van der Waals surface area (Å²) in [4.78, 5) is 26.2. The zero-order chi connectivity index (χ0) is 17.1. The molecule has 1 aromatic carbocycles. The van der Waals surface area contributed by atoms with Gasteiger partial charge in [-0.3, -0.25) is 9.59 Å². The van der Waals surface area contributed by atoms with Crippen LogP contribution in [-0.4, -0.2) is 38.0 Å². The quantitative estimate of drug-likeness (QED) is 0.759. The van der Waals surface area contributed by atoms with Crippen LogP contribution in [0.15, 0.2) is 29.8 Å². The molecule has 0 aliphatic carbocycles. The lowest BCUT2D eigenvalue weighted by molar-refractivity contribution is -0.126. The summed E-state index contributed by atoms with van der Waals surface area (Å²) in [5.74, 6) is -0.523. The van der Waals surface area contributed by atoms with Crippen molar-refractivity contribution in [1.82, 2.24) is 10.6 Å². The molecule has 0 spiro atoms. The van der Waals surface area contributed by atoms with Crippen molar-refractivity contribution in [3.63, 3.8) is 0 Å². The summed E-state index contributed by atoms with van der Waals surface area (Å²) in [6.45, 7) is 2.68. The van der Waals surface area contributed by atoms with E-state index in [1.165, 1.54) is 5.57 Å². The third kappa shape index (κ3) is 5.11. The Morgan fingerprint density at radius 1 is 1.28 bits per heavy atom. The Balaban J connectivity index is 0.00000225. The van der Waals surface area contributed by atoms with Crippen molar-refractivity contribution in [2.24, 2.45) is 5.92 Å². The second kappa shape index (κ2) is 8.90. The van der Waals surface area contributed by atoms with E-state index in [0.717, 1.165) is 19.5 Å². The highest BCUT2D eigenvalue weighted by Gasteiger charge is 2.35. The van der Waals surface area contributed by atoms with Crippen LogP contribution in [0.1, 0.15) is 12.8 Å². The van der Waals surface area contributed by atoms with E-state index < -0.39 is 0 Å². The second-order valence-electron chi connectivity index (χ2n) is 6.07. The maximum Gasteiger partial charge on any atom is 0.227 e. The largest absolute Gasteiger partial charge is 0.352 e. The van der Waals surface area contributed by atoms with Crippen LogP contribution in [0.2, 0.25) is 10.0 Å². The summed E-state index contributed by atoms with van der Waals surface area (Å²) >= 11 is 12.0. The number of rotatable bonds is 4. The molecule has 1 unspecified atom stereocenters. The van der Waals surface area contributed by atoms with Crippen LogP contribution in [0.5, 0.6) is 0 Å². The van der Waals surface area contributed by atoms with Gasteiger partial charge < -0.3 is 15.5 Å². The van der Waals surface area contributed by atoms with E-state index in [1.807, 2.05) is 0 Å². The van der Waals surface area contributed by atoms with Crippen LogP contribution >= 0.6 is 35.6 Å². The molecule has 0 radical (unpaired) electrons. The van der Waals surface area contributed by atoms with Gasteiger partial charge in [0, 0.05) is 41.8 Å². The predicted molar refractivity (Wildman–Crippen MR) is 103 cm³/mol. The van der Waals surface area contributed by atoms with Gasteiger partial charge in [-0.1, -0.05) is 34.9 Å². The topological polar surface area (TPSA) is 61.4 Å². The molecular weight excluding hydrogens is 385 g/mol. The molecule has 2 amide bonds. The fraction of sp³-hybridized carbons (Fsp3) is 0.412.